The predicted molar refractivity (Wildman–Crippen MR) is 37.9 cm³/mol. The van der Waals surface area contributed by atoms with Gasteiger partial charge in [0.1, 0.15) is 12.2 Å². The van der Waals surface area contributed by atoms with Gasteiger partial charge in [0.15, 0.2) is 0 Å². The van der Waals surface area contributed by atoms with Gasteiger partial charge in [-0.05, 0) is 6.08 Å². The second kappa shape index (κ2) is 2.20. The van der Waals surface area contributed by atoms with Crippen molar-refractivity contribution in [1.82, 2.24) is 0 Å². The molecule has 0 bridgehead atoms. The summed E-state index contributed by atoms with van der Waals surface area (Å²) >= 11 is 0. The Morgan fingerprint density at radius 3 is 3.27 bits per heavy atom. The molecule has 2 aliphatic rings. The quantitative estimate of drug-likeness (QED) is 0.404. The molecule has 0 N–H and O–H groups in total. The Labute approximate surface area is 64.3 Å². The highest BCUT2D eigenvalue weighted by atomic mass is 16.6. The minimum atomic E-state index is -0.290. The van der Waals surface area contributed by atoms with Crippen LogP contribution in [0.2, 0.25) is 0 Å². The van der Waals surface area contributed by atoms with Crippen molar-refractivity contribution >= 4 is 5.97 Å². The van der Waals surface area contributed by atoms with Gasteiger partial charge in [-0.2, -0.15) is 0 Å². The monoisotopic (exact) mass is 152 g/mol. The molecule has 3 nitrogen and oxygen atoms in total. The molecule has 1 fully saturated rings. The molecule has 0 aromatic heterocycles. The SMILES string of the molecule is COC(=O)C1=CC=CC2OC12. The van der Waals surface area contributed by atoms with Crippen LogP contribution in [0.15, 0.2) is 23.8 Å². The number of carbonyl (C=O) groups is 1. The second-order valence-electron chi connectivity index (χ2n) is 2.52. The molecule has 1 aliphatic heterocycles. The van der Waals surface area contributed by atoms with E-state index >= 15 is 0 Å². The van der Waals surface area contributed by atoms with Gasteiger partial charge in [-0.25, -0.2) is 4.79 Å². The van der Waals surface area contributed by atoms with Crippen LogP contribution in [0, 0.1) is 0 Å². The zero-order valence-corrected chi connectivity index (χ0v) is 6.11. The van der Waals surface area contributed by atoms with Gasteiger partial charge < -0.3 is 9.47 Å². The predicted octanol–water partition coefficient (Wildman–Crippen LogP) is 0.423. The molecule has 0 spiro atoms. The number of ether oxygens (including phenoxy) is 2. The molecule has 0 saturated carbocycles. The molecular formula is C8H8O3. The largest absolute Gasteiger partial charge is 0.466 e. The van der Waals surface area contributed by atoms with Crippen molar-refractivity contribution in [2.45, 2.75) is 12.2 Å². The average Bonchev–Trinajstić information content (AvgIpc) is 2.80. The molecule has 0 radical (unpaired) electrons. The van der Waals surface area contributed by atoms with Crippen molar-refractivity contribution in [2.75, 3.05) is 7.11 Å². The Bertz CT molecular complexity index is 252. The van der Waals surface area contributed by atoms with Crippen LogP contribution in [0.4, 0.5) is 0 Å². The van der Waals surface area contributed by atoms with E-state index in [2.05, 4.69) is 4.74 Å². The Morgan fingerprint density at radius 1 is 1.73 bits per heavy atom. The van der Waals surface area contributed by atoms with Gasteiger partial charge in [-0.3, -0.25) is 0 Å². The molecular weight excluding hydrogens is 144 g/mol. The molecule has 0 aromatic rings. The zero-order chi connectivity index (χ0) is 7.84. The van der Waals surface area contributed by atoms with E-state index in [1.807, 2.05) is 12.2 Å². The normalized spacial score (nSPS) is 32.3. The van der Waals surface area contributed by atoms with E-state index in [0.29, 0.717) is 5.57 Å². The molecule has 0 amide bonds. The first-order valence-electron chi connectivity index (χ1n) is 3.45. The number of carbonyl (C=O) groups excluding carboxylic acids is 1. The number of allylic oxidation sites excluding steroid dienone is 2. The van der Waals surface area contributed by atoms with Crippen molar-refractivity contribution in [2.24, 2.45) is 0 Å². The van der Waals surface area contributed by atoms with E-state index in [-0.39, 0.29) is 18.2 Å². The van der Waals surface area contributed by atoms with Crippen molar-refractivity contribution in [3.05, 3.63) is 23.8 Å². The number of hydrogen-bond donors (Lipinski definition) is 0. The number of hydrogen-bond acceptors (Lipinski definition) is 3. The van der Waals surface area contributed by atoms with E-state index < -0.39 is 0 Å². The molecule has 0 aromatic carbocycles. The third-order valence-corrected chi connectivity index (χ3v) is 1.83. The molecule has 2 rings (SSSR count). The third kappa shape index (κ3) is 0.973. The average molecular weight is 152 g/mol. The highest BCUT2D eigenvalue weighted by molar-refractivity contribution is 5.91. The number of esters is 1. The van der Waals surface area contributed by atoms with Crippen molar-refractivity contribution in [3.8, 4) is 0 Å². The lowest BCUT2D eigenvalue weighted by Crippen LogP contribution is -2.12. The van der Waals surface area contributed by atoms with Gasteiger partial charge in [0.05, 0.1) is 12.7 Å². The maximum absolute atomic E-state index is 11.0. The maximum atomic E-state index is 11.0. The smallest absolute Gasteiger partial charge is 0.336 e. The first-order valence-corrected chi connectivity index (χ1v) is 3.45. The number of methoxy groups -OCH3 is 1. The molecule has 2 unspecified atom stereocenters. The zero-order valence-electron chi connectivity index (χ0n) is 6.11. The van der Waals surface area contributed by atoms with E-state index in [1.165, 1.54) is 7.11 Å². The molecule has 1 saturated heterocycles. The van der Waals surface area contributed by atoms with E-state index in [4.69, 9.17) is 4.74 Å². The van der Waals surface area contributed by atoms with Gasteiger partial charge in [0.25, 0.3) is 0 Å². The molecule has 3 heteroatoms. The highest BCUT2D eigenvalue weighted by Crippen LogP contribution is 2.33. The van der Waals surface area contributed by atoms with Crippen molar-refractivity contribution in [1.29, 1.82) is 0 Å². The molecule has 1 heterocycles. The van der Waals surface area contributed by atoms with E-state index in [1.54, 1.807) is 6.08 Å². The van der Waals surface area contributed by atoms with Gasteiger partial charge in [-0.15, -0.1) is 0 Å². The van der Waals surface area contributed by atoms with Crippen LogP contribution in [0.5, 0.6) is 0 Å². The molecule has 2 atom stereocenters. The van der Waals surface area contributed by atoms with E-state index in [0.717, 1.165) is 0 Å². The van der Waals surface area contributed by atoms with Crippen LogP contribution in [-0.2, 0) is 14.3 Å². The van der Waals surface area contributed by atoms with Crippen LogP contribution in [0.3, 0.4) is 0 Å². The summed E-state index contributed by atoms with van der Waals surface area (Å²) in [6, 6.07) is 0. The van der Waals surface area contributed by atoms with Gasteiger partial charge >= 0.3 is 5.97 Å². The number of fused-ring (bicyclic) bond motifs is 1. The summed E-state index contributed by atoms with van der Waals surface area (Å²) in [5, 5.41) is 0. The topological polar surface area (TPSA) is 38.8 Å². The Hall–Kier alpha value is -1.09. The lowest BCUT2D eigenvalue weighted by molar-refractivity contribution is -0.136. The number of rotatable bonds is 1. The summed E-state index contributed by atoms with van der Waals surface area (Å²) in [5.41, 5.74) is 0.625. The Morgan fingerprint density at radius 2 is 2.55 bits per heavy atom. The summed E-state index contributed by atoms with van der Waals surface area (Å²) < 4.78 is 9.72. The first-order chi connectivity index (χ1) is 5.33. The lowest BCUT2D eigenvalue weighted by atomic mass is 10.1. The van der Waals surface area contributed by atoms with Crippen LogP contribution in [0.25, 0.3) is 0 Å². The first kappa shape index (κ1) is 6.61. The van der Waals surface area contributed by atoms with E-state index in [9.17, 15) is 4.79 Å². The fourth-order valence-electron chi connectivity index (χ4n) is 1.19. The lowest BCUT2D eigenvalue weighted by Gasteiger charge is -2.01. The minimum absolute atomic E-state index is 0.0348. The summed E-state index contributed by atoms with van der Waals surface area (Å²) in [5.74, 6) is -0.290. The summed E-state index contributed by atoms with van der Waals surface area (Å²) in [7, 11) is 1.37. The fraction of sp³-hybridized carbons (Fsp3) is 0.375. The molecule has 58 valence electrons. The van der Waals surface area contributed by atoms with Crippen LogP contribution in [0.1, 0.15) is 0 Å². The standard InChI is InChI=1S/C8H8O3/c1-10-8(9)5-3-2-4-6-7(5)11-6/h2-4,6-7H,1H3. The summed E-state index contributed by atoms with van der Waals surface area (Å²) in [6.07, 6.45) is 5.57. The van der Waals surface area contributed by atoms with Crippen LogP contribution in [-0.4, -0.2) is 25.3 Å². The van der Waals surface area contributed by atoms with Gasteiger partial charge in [-0.1, -0.05) is 12.2 Å². The minimum Gasteiger partial charge on any atom is -0.466 e. The Balaban J connectivity index is 2.19. The van der Waals surface area contributed by atoms with Crippen LogP contribution >= 0.6 is 0 Å². The fourth-order valence-corrected chi connectivity index (χ4v) is 1.19. The third-order valence-electron chi connectivity index (χ3n) is 1.83. The van der Waals surface area contributed by atoms with Gasteiger partial charge in [0, 0.05) is 0 Å². The van der Waals surface area contributed by atoms with Crippen molar-refractivity contribution in [3.63, 3.8) is 0 Å². The Kier molecular flexibility index (Phi) is 1.32. The van der Waals surface area contributed by atoms with Crippen molar-refractivity contribution < 1.29 is 14.3 Å². The van der Waals surface area contributed by atoms with Crippen LogP contribution < -0.4 is 0 Å². The maximum Gasteiger partial charge on any atom is 0.336 e. The number of epoxide rings is 1. The summed E-state index contributed by atoms with van der Waals surface area (Å²) in [6.45, 7) is 0. The molecule has 11 heavy (non-hydrogen) atoms. The van der Waals surface area contributed by atoms with Gasteiger partial charge in [0.2, 0.25) is 0 Å². The molecule has 1 aliphatic carbocycles. The summed E-state index contributed by atoms with van der Waals surface area (Å²) in [4.78, 5) is 11.0. The highest BCUT2D eigenvalue weighted by Gasteiger charge is 2.44. The second-order valence-corrected chi connectivity index (χ2v) is 2.52.